The molecule has 3 aromatic heterocycles. The fourth-order valence-electron chi connectivity index (χ4n) is 4.34. The molecule has 7 heteroatoms. The average molecular weight is 399 g/mol. The van der Waals surface area contributed by atoms with E-state index in [4.69, 9.17) is 4.52 Å². The van der Waals surface area contributed by atoms with Gasteiger partial charge in [0, 0.05) is 29.6 Å². The Morgan fingerprint density at radius 2 is 2.03 bits per heavy atom. The zero-order valence-electron chi connectivity index (χ0n) is 16.4. The lowest BCUT2D eigenvalue weighted by Gasteiger charge is -2.23. The van der Waals surface area contributed by atoms with Crippen LogP contribution in [0.4, 0.5) is 0 Å². The van der Waals surface area contributed by atoms with Crippen LogP contribution in [0.15, 0.2) is 47.1 Å². The first-order chi connectivity index (χ1) is 14.8. The molecule has 2 N–H and O–H groups in total. The van der Waals surface area contributed by atoms with Crippen LogP contribution in [-0.4, -0.2) is 32.3 Å². The molecule has 30 heavy (non-hydrogen) atoms. The number of aromatic amines is 1. The van der Waals surface area contributed by atoms with E-state index in [1.54, 1.807) is 0 Å². The Bertz CT molecular complexity index is 1240. The molecule has 6 rings (SSSR count). The Hall–Kier alpha value is -3.48. The molecule has 0 spiro atoms. The maximum absolute atomic E-state index is 13.4. The number of hydrogen-bond donors (Lipinski definition) is 2. The Labute approximate surface area is 172 Å². The Morgan fingerprint density at radius 1 is 1.17 bits per heavy atom. The second-order valence-electron chi connectivity index (χ2n) is 8.23. The van der Waals surface area contributed by atoms with Gasteiger partial charge in [-0.1, -0.05) is 35.5 Å². The fourth-order valence-corrected chi connectivity index (χ4v) is 4.34. The Morgan fingerprint density at radius 3 is 2.87 bits per heavy atom. The minimum Gasteiger partial charge on any atom is -0.349 e. The van der Waals surface area contributed by atoms with Gasteiger partial charge in [-0.3, -0.25) is 9.89 Å². The molecule has 3 heterocycles. The van der Waals surface area contributed by atoms with Gasteiger partial charge in [0.15, 0.2) is 0 Å². The number of aromatic nitrogens is 4. The van der Waals surface area contributed by atoms with Crippen LogP contribution in [0.2, 0.25) is 0 Å². The number of carbonyl (C=O) groups excluding carboxylic acids is 1. The summed E-state index contributed by atoms with van der Waals surface area (Å²) in [5.41, 5.74) is 5.90. The number of benzene rings is 1. The maximum Gasteiger partial charge on any atom is 0.259 e. The molecule has 150 valence electrons. The number of amides is 1. The minimum atomic E-state index is -0.0994. The molecular formula is C23H21N5O2. The number of rotatable bonds is 4. The lowest BCUT2D eigenvalue weighted by atomic mass is 9.93. The highest BCUT2D eigenvalue weighted by Crippen LogP contribution is 2.43. The topological polar surface area (TPSA) is 96.7 Å². The summed E-state index contributed by atoms with van der Waals surface area (Å²) < 4.78 is 5.58. The molecule has 0 radical (unpaired) electrons. The highest BCUT2D eigenvalue weighted by Gasteiger charge is 2.33. The maximum atomic E-state index is 13.4. The third-order valence-electron chi connectivity index (χ3n) is 6.11. The first-order valence-electron chi connectivity index (χ1n) is 10.4. The summed E-state index contributed by atoms with van der Waals surface area (Å²) in [5.74, 6) is 0.266. The molecule has 1 unspecified atom stereocenters. The van der Waals surface area contributed by atoms with Crippen LogP contribution in [0.25, 0.3) is 22.4 Å². The standard InChI is InChI=1S/C23H21N5O2/c29-22(25-16-9-8-15-12-24-27-19(15)10-16)17-11-18(13-4-2-1-3-5-13)26-23-20(17)21(28-30-23)14-6-7-14/h1-5,11-12,14,16H,6-10H2,(H,24,27)(H,25,29). The molecule has 1 fully saturated rings. The van der Waals surface area contributed by atoms with Gasteiger partial charge >= 0.3 is 0 Å². The Kier molecular flexibility index (Phi) is 3.94. The summed E-state index contributed by atoms with van der Waals surface area (Å²) in [4.78, 5) is 18.1. The number of fused-ring (bicyclic) bond motifs is 2. The predicted molar refractivity (Wildman–Crippen MR) is 111 cm³/mol. The molecular weight excluding hydrogens is 378 g/mol. The number of aryl methyl sites for hydroxylation is 1. The second kappa shape index (κ2) is 6.79. The van der Waals surface area contributed by atoms with Crippen LogP contribution in [-0.2, 0) is 12.8 Å². The quantitative estimate of drug-likeness (QED) is 0.544. The van der Waals surface area contributed by atoms with Crippen molar-refractivity contribution >= 4 is 17.0 Å². The lowest BCUT2D eigenvalue weighted by Crippen LogP contribution is -2.39. The number of H-pyrrole nitrogens is 1. The van der Waals surface area contributed by atoms with E-state index in [1.165, 1.54) is 5.56 Å². The van der Waals surface area contributed by atoms with Crippen molar-refractivity contribution in [1.82, 2.24) is 25.7 Å². The summed E-state index contributed by atoms with van der Waals surface area (Å²) in [6, 6.07) is 11.8. The van der Waals surface area contributed by atoms with Gasteiger partial charge in [-0.2, -0.15) is 5.10 Å². The fraction of sp³-hybridized carbons (Fsp3) is 0.304. The van der Waals surface area contributed by atoms with Crippen molar-refractivity contribution in [3.63, 3.8) is 0 Å². The molecule has 0 bridgehead atoms. The summed E-state index contributed by atoms with van der Waals surface area (Å²) in [7, 11) is 0. The van der Waals surface area contributed by atoms with Gasteiger partial charge in [0.05, 0.1) is 28.5 Å². The molecule has 2 aliphatic carbocycles. The molecule has 1 aromatic carbocycles. The van der Waals surface area contributed by atoms with E-state index in [9.17, 15) is 4.79 Å². The highest BCUT2D eigenvalue weighted by atomic mass is 16.5. The van der Waals surface area contributed by atoms with Crippen LogP contribution in [0.3, 0.4) is 0 Å². The third kappa shape index (κ3) is 2.98. The van der Waals surface area contributed by atoms with Gasteiger partial charge in [0.25, 0.3) is 11.6 Å². The summed E-state index contributed by atoms with van der Waals surface area (Å²) in [5, 5.41) is 15.4. The van der Waals surface area contributed by atoms with Crippen molar-refractivity contribution in [3.05, 3.63) is 65.1 Å². The normalized spacial score (nSPS) is 18.3. The van der Waals surface area contributed by atoms with Gasteiger partial charge in [0.1, 0.15) is 0 Å². The van der Waals surface area contributed by atoms with E-state index in [-0.39, 0.29) is 11.9 Å². The summed E-state index contributed by atoms with van der Waals surface area (Å²) >= 11 is 0. The van der Waals surface area contributed by atoms with Crippen molar-refractivity contribution < 1.29 is 9.32 Å². The first kappa shape index (κ1) is 17.4. The van der Waals surface area contributed by atoms with Crippen molar-refractivity contribution in [3.8, 4) is 11.3 Å². The molecule has 2 aliphatic rings. The molecule has 1 amide bonds. The van der Waals surface area contributed by atoms with Crippen LogP contribution >= 0.6 is 0 Å². The second-order valence-corrected chi connectivity index (χ2v) is 8.23. The number of carbonyl (C=O) groups is 1. The van der Waals surface area contributed by atoms with Gasteiger partial charge in [-0.05, 0) is 37.3 Å². The number of hydrogen-bond acceptors (Lipinski definition) is 5. The Balaban J connectivity index is 1.39. The van der Waals surface area contributed by atoms with Crippen LogP contribution in [0, 0.1) is 0 Å². The van der Waals surface area contributed by atoms with E-state index >= 15 is 0 Å². The van der Waals surface area contributed by atoms with Gasteiger partial charge < -0.3 is 9.84 Å². The number of nitrogens with zero attached hydrogens (tertiary/aromatic N) is 3. The first-order valence-corrected chi connectivity index (χ1v) is 10.4. The van der Waals surface area contributed by atoms with Crippen molar-refractivity contribution in [2.75, 3.05) is 0 Å². The van der Waals surface area contributed by atoms with E-state index in [1.807, 2.05) is 42.6 Å². The van der Waals surface area contributed by atoms with Crippen LogP contribution in [0.1, 0.15) is 52.5 Å². The van der Waals surface area contributed by atoms with E-state index in [0.717, 1.165) is 54.4 Å². The molecule has 1 atom stereocenters. The molecule has 4 aromatic rings. The van der Waals surface area contributed by atoms with Gasteiger partial charge in [-0.15, -0.1) is 0 Å². The third-order valence-corrected chi connectivity index (χ3v) is 6.11. The molecule has 0 aliphatic heterocycles. The van der Waals surface area contributed by atoms with Gasteiger partial charge in [-0.25, -0.2) is 4.98 Å². The molecule has 7 nitrogen and oxygen atoms in total. The minimum absolute atomic E-state index is 0.0677. The van der Waals surface area contributed by atoms with Gasteiger partial charge in [0.2, 0.25) is 0 Å². The van der Waals surface area contributed by atoms with E-state index in [0.29, 0.717) is 22.9 Å². The average Bonchev–Trinajstić information content (AvgIpc) is 3.36. The smallest absolute Gasteiger partial charge is 0.259 e. The van der Waals surface area contributed by atoms with E-state index in [2.05, 4.69) is 25.7 Å². The molecule has 0 saturated heterocycles. The zero-order valence-corrected chi connectivity index (χ0v) is 16.4. The highest BCUT2D eigenvalue weighted by molar-refractivity contribution is 6.07. The zero-order chi connectivity index (χ0) is 20.1. The SMILES string of the molecule is O=C(NC1CCc2cn[nH]c2C1)c1cc(-c2ccccc2)nc2onc(C3CC3)c12. The monoisotopic (exact) mass is 399 g/mol. The van der Waals surface area contributed by atoms with Crippen molar-refractivity contribution in [1.29, 1.82) is 0 Å². The van der Waals surface area contributed by atoms with Crippen LogP contribution < -0.4 is 5.32 Å². The van der Waals surface area contributed by atoms with E-state index < -0.39 is 0 Å². The lowest BCUT2D eigenvalue weighted by molar-refractivity contribution is 0.0935. The predicted octanol–water partition coefficient (Wildman–Crippen LogP) is 3.78. The van der Waals surface area contributed by atoms with Crippen molar-refractivity contribution in [2.24, 2.45) is 0 Å². The van der Waals surface area contributed by atoms with Crippen molar-refractivity contribution in [2.45, 2.75) is 44.1 Å². The number of pyridine rings is 1. The summed E-state index contributed by atoms with van der Waals surface area (Å²) in [6.45, 7) is 0. The van der Waals surface area contributed by atoms with Crippen LogP contribution in [0.5, 0.6) is 0 Å². The molecule has 1 saturated carbocycles. The summed E-state index contributed by atoms with van der Waals surface area (Å²) in [6.07, 6.45) is 6.61. The largest absolute Gasteiger partial charge is 0.349 e. The number of nitrogens with one attached hydrogen (secondary N) is 2.